The van der Waals surface area contributed by atoms with Crippen LogP contribution >= 0.6 is 11.9 Å². The molecule has 1 aromatic rings. The van der Waals surface area contributed by atoms with Crippen LogP contribution < -0.4 is 5.32 Å². The van der Waals surface area contributed by atoms with Crippen LogP contribution in [-0.4, -0.2) is 25.1 Å². The first-order valence-corrected chi connectivity index (χ1v) is 6.28. The Kier molecular flexibility index (Phi) is 2.97. The van der Waals surface area contributed by atoms with Crippen molar-refractivity contribution in [3.05, 3.63) is 29.8 Å². The first kappa shape index (κ1) is 11.2. The SMILES string of the molecule is O=C(OC1=NCCN1)C1N=NSc2ccccc21. The van der Waals surface area contributed by atoms with Gasteiger partial charge in [-0.05, 0) is 6.07 Å². The Hall–Kier alpha value is -1.89. The van der Waals surface area contributed by atoms with Crippen LogP contribution in [0.25, 0.3) is 0 Å². The largest absolute Gasteiger partial charge is 0.391 e. The molecule has 6 nitrogen and oxygen atoms in total. The molecule has 1 aromatic carbocycles. The number of amidine groups is 1. The van der Waals surface area contributed by atoms with Crippen molar-refractivity contribution in [2.75, 3.05) is 13.1 Å². The number of nitrogens with zero attached hydrogens (tertiary/aromatic N) is 3. The minimum Gasteiger partial charge on any atom is -0.391 e. The second kappa shape index (κ2) is 4.77. The predicted molar refractivity (Wildman–Crippen MR) is 66.3 cm³/mol. The van der Waals surface area contributed by atoms with E-state index in [1.807, 2.05) is 24.3 Å². The van der Waals surface area contributed by atoms with Gasteiger partial charge in [-0.1, -0.05) is 18.2 Å². The van der Waals surface area contributed by atoms with Gasteiger partial charge in [-0.15, -0.1) is 4.52 Å². The molecule has 1 atom stereocenters. The summed E-state index contributed by atoms with van der Waals surface area (Å²) < 4.78 is 9.02. The van der Waals surface area contributed by atoms with E-state index in [1.165, 1.54) is 11.9 Å². The number of nitrogens with one attached hydrogen (secondary N) is 1. The highest BCUT2D eigenvalue weighted by Crippen LogP contribution is 2.36. The summed E-state index contributed by atoms with van der Waals surface area (Å²) in [7, 11) is 0. The minimum atomic E-state index is -0.701. The van der Waals surface area contributed by atoms with Gasteiger partial charge in [0, 0.05) is 29.0 Å². The summed E-state index contributed by atoms with van der Waals surface area (Å²) in [4.78, 5) is 16.9. The quantitative estimate of drug-likeness (QED) is 0.617. The molecule has 92 valence electrons. The van der Waals surface area contributed by atoms with Crippen molar-refractivity contribution in [3.63, 3.8) is 0 Å². The van der Waals surface area contributed by atoms with Gasteiger partial charge in [0.05, 0.1) is 6.54 Å². The fourth-order valence-electron chi connectivity index (χ4n) is 1.74. The van der Waals surface area contributed by atoms with Crippen LogP contribution in [0.3, 0.4) is 0 Å². The fourth-order valence-corrected chi connectivity index (χ4v) is 2.39. The third kappa shape index (κ3) is 2.08. The van der Waals surface area contributed by atoms with E-state index >= 15 is 0 Å². The number of rotatable bonds is 1. The topological polar surface area (TPSA) is 75.4 Å². The van der Waals surface area contributed by atoms with Crippen molar-refractivity contribution in [1.82, 2.24) is 5.32 Å². The highest BCUT2D eigenvalue weighted by Gasteiger charge is 2.29. The third-order valence-electron chi connectivity index (χ3n) is 2.58. The van der Waals surface area contributed by atoms with E-state index in [4.69, 9.17) is 4.74 Å². The maximum Gasteiger partial charge on any atom is 0.345 e. The van der Waals surface area contributed by atoms with E-state index in [0.717, 1.165) is 10.5 Å². The maximum atomic E-state index is 12.0. The van der Waals surface area contributed by atoms with Gasteiger partial charge in [0.1, 0.15) is 0 Å². The van der Waals surface area contributed by atoms with Gasteiger partial charge in [-0.25, -0.2) is 9.79 Å². The second-order valence-corrected chi connectivity index (χ2v) is 4.55. The number of hydrogen-bond acceptors (Lipinski definition) is 7. The highest BCUT2D eigenvalue weighted by atomic mass is 32.2. The Balaban J connectivity index is 1.81. The second-order valence-electron chi connectivity index (χ2n) is 3.76. The van der Waals surface area contributed by atoms with E-state index in [-0.39, 0.29) is 6.02 Å². The zero-order valence-electron chi connectivity index (χ0n) is 9.37. The molecule has 18 heavy (non-hydrogen) atoms. The number of carbonyl (C=O) groups excluding carboxylic acids is 1. The molecule has 0 spiro atoms. The van der Waals surface area contributed by atoms with Crippen LogP contribution in [0.15, 0.2) is 43.8 Å². The average molecular weight is 262 g/mol. The fraction of sp³-hybridized carbons (Fsp3) is 0.273. The molecule has 2 heterocycles. The molecule has 0 amide bonds. The number of ether oxygens (including phenoxy) is 1. The summed E-state index contributed by atoms with van der Waals surface area (Å²) in [6, 6.07) is 7.10. The Morgan fingerprint density at radius 3 is 3.17 bits per heavy atom. The lowest BCUT2D eigenvalue weighted by Crippen LogP contribution is -2.27. The van der Waals surface area contributed by atoms with Crippen molar-refractivity contribution in [1.29, 1.82) is 0 Å². The smallest absolute Gasteiger partial charge is 0.345 e. The molecule has 0 saturated carbocycles. The van der Waals surface area contributed by atoms with Gasteiger partial charge < -0.3 is 10.1 Å². The lowest BCUT2D eigenvalue weighted by atomic mass is 10.1. The molecule has 7 heteroatoms. The summed E-state index contributed by atoms with van der Waals surface area (Å²) in [5, 5.41) is 6.82. The molecule has 0 aromatic heterocycles. The van der Waals surface area contributed by atoms with Crippen LogP contribution in [0.5, 0.6) is 0 Å². The number of benzene rings is 1. The van der Waals surface area contributed by atoms with Gasteiger partial charge in [0.2, 0.25) is 0 Å². The third-order valence-corrected chi connectivity index (χ3v) is 3.32. The first-order chi connectivity index (χ1) is 8.84. The van der Waals surface area contributed by atoms with E-state index < -0.39 is 12.0 Å². The molecule has 2 aliphatic rings. The molecule has 0 saturated heterocycles. The number of fused-ring (bicyclic) bond motifs is 1. The number of hydrogen-bond donors (Lipinski definition) is 1. The van der Waals surface area contributed by atoms with Crippen LogP contribution in [0, 0.1) is 0 Å². The molecule has 0 aliphatic carbocycles. The maximum absolute atomic E-state index is 12.0. The lowest BCUT2D eigenvalue weighted by Gasteiger charge is -2.16. The van der Waals surface area contributed by atoms with Gasteiger partial charge in [-0.2, -0.15) is 5.11 Å². The molecule has 0 radical (unpaired) electrons. The molecule has 0 fully saturated rings. The van der Waals surface area contributed by atoms with Crippen molar-refractivity contribution >= 4 is 23.9 Å². The molecule has 3 rings (SSSR count). The lowest BCUT2D eigenvalue weighted by molar-refractivity contribution is -0.137. The van der Waals surface area contributed by atoms with E-state index in [1.54, 1.807) is 0 Å². The molecular weight excluding hydrogens is 252 g/mol. The number of aliphatic imine (C=N–C) groups is 1. The highest BCUT2D eigenvalue weighted by molar-refractivity contribution is 7.98. The van der Waals surface area contributed by atoms with Crippen LogP contribution in [0.4, 0.5) is 0 Å². The zero-order chi connectivity index (χ0) is 12.4. The van der Waals surface area contributed by atoms with Crippen molar-refractivity contribution < 1.29 is 9.53 Å². The normalized spacial score (nSPS) is 20.9. The van der Waals surface area contributed by atoms with Crippen LogP contribution in [0.2, 0.25) is 0 Å². The monoisotopic (exact) mass is 262 g/mol. The first-order valence-electron chi connectivity index (χ1n) is 5.51. The average Bonchev–Trinajstić information content (AvgIpc) is 2.91. The minimum absolute atomic E-state index is 0.269. The van der Waals surface area contributed by atoms with E-state index in [9.17, 15) is 4.79 Å². The Labute approximate surface area is 108 Å². The van der Waals surface area contributed by atoms with E-state index in [0.29, 0.717) is 13.1 Å². The summed E-state index contributed by atoms with van der Waals surface area (Å²) in [5.74, 6) is -0.459. The molecule has 1 N–H and O–H groups in total. The summed E-state index contributed by atoms with van der Waals surface area (Å²) in [6.07, 6.45) is 0. The van der Waals surface area contributed by atoms with Crippen molar-refractivity contribution in [2.24, 2.45) is 14.6 Å². The van der Waals surface area contributed by atoms with Crippen molar-refractivity contribution in [2.45, 2.75) is 10.9 Å². The van der Waals surface area contributed by atoms with Gasteiger partial charge in [-0.3, -0.25) is 0 Å². The predicted octanol–water partition coefficient (Wildman–Crippen LogP) is 1.70. The number of carbonyl (C=O) groups is 1. The van der Waals surface area contributed by atoms with Crippen molar-refractivity contribution in [3.8, 4) is 0 Å². The molecular formula is C11H10N4O2S. The summed E-state index contributed by atoms with van der Waals surface area (Å²) in [6.45, 7) is 1.32. The summed E-state index contributed by atoms with van der Waals surface area (Å²) in [5.41, 5.74) is 0.820. The Morgan fingerprint density at radius 2 is 2.33 bits per heavy atom. The zero-order valence-corrected chi connectivity index (χ0v) is 10.2. The number of esters is 1. The summed E-state index contributed by atoms with van der Waals surface area (Å²) >= 11 is 1.26. The molecule has 1 unspecified atom stereocenters. The molecule has 0 bridgehead atoms. The Bertz CT molecular complexity index is 544. The van der Waals surface area contributed by atoms with Gasteiger partial charge >= 0.3 is 5.97 Å². The standard InChI is InChI=1S/C11H10N4O2S/c16-10(17-11-12-5-6-13-11)9-7-3-1-2-4-8(7)18-15-14-9/h1-4,9H,5-6H2,(H,12,13). The van der Waals surface area contributed by atoms with Gasteiger partial charge in [0.15, 0.2) is 6.04 Å². The molecule has 2 aliphatic heterocycles. The van der Waals surface area contributed by atoms with Crippen LogP contribution in [-0.2, 0) is 9.53 Å². The van der Waals surface area contributed by atoms with Gasteiger partial charge in [0.25, 0.3) is 6.02 Å². The van der Waals surface area contributed by atoms with Crippen LogP contribution in [0.1, 0.15) is 11.6 Å². The Morgan fingerprint density at radius 1 is 1.44 bits per heavy atom. The van der Waals surface area contributed by atoms with E-state index in [2.05, 4.69) is 19.9 Å².